The number of thioether (sulfide) groups is 1. The summed E-state index contributed by atoms with van der Waals surface area (Å²) in [5.74, 6) is 3.40. The van der Waals surface area contributed by atoms with Crippen LogP contribution in [0.25, 0.3) is 16.8 Å². The number of para-hydroxylation sites is 2. The molecular formula is C15H15N7OS. The zero-order valence-electron chi connectivity index (χ0n) is 13.1. The predicted molar refractivity (Wildman–Crippen MR) is 88.7 cm³/mol. The van der Waals surface area contributed by atoms with Crippen LogP contribution < -0.4 is 0 Å². The number of rotatable bonds is 3. The second-order valence-corrected chi connectivity index (χ2v) is 6.63. The van der Waals surface area contributed by atoms with Crippen LogP contribution >= 0.6 is 11.8 Å². The fourth-order valence-corrected chi connectivity index (χ4v) is 4.00. The van der Waals surface area contributed by atoms with Gasteiger partial charge < -0.3 is 13.9 Å². The Balaban J connectivity index is 1.51. The van der Waals surface area contributed by atoms with Crippen LogP contribution in [0.3, 0.4) is 0 Å². The van der Waals surface area contributed by atoms with Gasteiger partial charge in [-0.05, 0) is 12.1 Å². The first-order valence-electron chi connectivity index (χ1n) is 7.73. The summed E-state index contributed by atoms with van der Waals surface area (Å²) in [6.07, 6.45) is 0. The van der Waals surface area contributed by atoms with Crippen LogP contribution in [0.15, 0.2) is 29.4 Å². The Morgan fingerprint density at radius 2 is 2.00 bits per heavy atom. The van der Waals surface area contributed by atoms with E-state index in [2.05, 4.69) is 46.1 Å². The van der Waals surface area contributed by atoms with Crippen LogP contribution in [0, 0.1) is 0 Å². The number of fused-ring (bicyclic) bond motifs is 4. The van der Waals surface area contributed by atoms with Crippen LogP contribution in [-0.2, 0) is 30.7 Å². The molecule has 0 N–H and O–H groups in total. The Labute approximate surface area is 141 Å². The Morgan fingerprint density at radius 1 is 1.12 bits per heavy atom. The van der Waals surface area contributed by atoms with E-state index in [0.717, 1.165) is 40.2 Å². The van der Waals surface area contributed by atoms with Crippen molar-refractivity contribution in [3.05, 3.63) is 35.9 Å². The van der Waals surface area contributed by atoms with Gasteiger partial charge in [-0.25, -0.2) is 0 Å². The molecule has 8 nitrogen and oxygen atoms in total. The van der Waals surface area contributed by atoms with Gasteiger partial charge in [-0.3, -0.25) is 4.40 Å². The van der Waals surface area contributed by atoms with E-state index in [4.69, 9.17) is 4.74 Å². The fraction of sp³-hybridized carbons (Fsp3) is 0.333. The summed E-state index contributed by atoms with van der Waals surface area (Å²) < 4.78 is 11.7. The molecule has 0 fully saturated rings. The summed E-state index contributed by atoms with van der Waals surface area (Å²) in [6, 6.07) is 8.25. The molecular weight excluding hydrogens is 326 g/mol. The van der Waals surface area contributed by atoms with E-state index in [1.54, 1.807) is 11.8 Å². The van der Waals surface area contributed by atoms with Crippen molar-refractivity contribution in [3.8, 4) is 0 Å². The van der Waals surface area contributed by atoms with Crippen molar-refractivity contribution in [2.45, 2.75) is 24.1 Å². The highest BCUT2D eigenvalue weighted by molar-refractivity contribution is 7.98. The minimum atomic E-state index is 0.538. The minimum absolute atomic E-state index is 0.538. The lowest BCUT2D eigenvalue weighted by Crippen LogP contribution is -2.18. The van der Waals surface area contributed by atoms with Crippen molar-refractivity contribution >= 4 is 28.6 Å². The van der Waals surface area contributed by atoms with Crippen molar-refractivity contribution in [1.29, 1.82) is 0 Å². The lowest BCUT2D eigenvalue weighted by atomic mass is 10.3. The van der Waals surface area contributed by atoms with Gasteiger partial charge in [-0.1, -0.05) is 23.9 Å². The molecule has 0 saturated heterocycles. The van der Waals surface area contributed by atoms with Gasteiger partial charge >= 0.3 is 0 Å². The molecule has 0 bridgehead atoms. The maximum atomic E-state index is 5.41. The number of imidazole rings is 1. The Morgan fingerprint density at radius 3 is 2.92 bits per heavy atom. The van der Waals surface area contributed by atoms with Crippen molar-refractivity contribution < 1.29 is 4.74 Å². The summed E-state index contributed by atoms with van der Waals surface area (Å²) in [4.78, 5) is 0. The van der Waals surface area contributed by atoms with Gasteiger partial charge in [0, 0.05) is 13.6 Å². The van der Waals surface area contributed by atoms with E-state index in [1.807, 2.05) is 19.2 Å². The van der Waals surface area contributed by atoms with Crippen LogP contribution in [-0.4, -0.2) is 40.5 Å². The summed E-state index contributed by atoms with van der Waals surface area (Å²) >= 11 is 1.63. The zero-order valence-corrected chi connectivity index (χ0v) is 13.9. The third-order valence-corrected chi connectivity index (χ3v) is 5.25. The summed E-state index contributed by atoms with van der Waals surface area (Å²) in [5.41, 5.74) is 2.25. The van der Waals surface area contributed by atoms with Crippen molar-refractivity contribution in [1.82, 2.24) is 33.9 Å². The highest BCUT2D eigenvalue weighted by Gasteiger charge is 2.19. The monoisotopic (exact) mass is 341 g/mol. The van der Waals surface area contributed by atoms with Crippen molar-refractivity contribution in [2.24, 2.45) is 7.05 Å². The topological polar surface area (TPSA) is 75.1 Å². The Bertz CT molecular complexity index is 1050. The third kappa shape index (κ3) is 1.98. The molecule has 4 aromatic rings. The molecule has 0 amide bonds. The predicted octanol–water partition coefficient (Wildman–Crippen LogP) is 1.63. The number of aryl methyl sites for hydroxylation is 1. The number of ether oxygens (including phenoxy) is 1. The normalized spacial score (nSPS) is 14.5. The van der Waals surface area contributed by atoms with Gasteiger partial charge in [0.05, 0.1) is 23.4 Å². The van der Waals surface area contributed by atoms with Crippen LogP contribution in [0.5, 0.6) is 0 Å². The first-order chi connectivity index (χ1) is 11.8. The lowest BCUT2D eigenvalue weighted by Gasteiger charge is -2.14. The average Bonchev–Trinajstić information content (AvgIpc) is 3.29. The summed E-state index contributed by atoms with van der Waals surface area (Å²) in [7, 11) is 2.01. The van der Waals surface area contributed by atoms with E-state index >= 15 is 0 Å². The second-order valence-electron chi connectivity index (χ2n) is 5.69. The van der Waals surface area contributed by atoms with Crippen LogP contribution in [0.4, 0.5) is 0 Å². The van der Waals surface area contributed by atoms with Crippen molar-refractivity contribution in [3.63, 3.8) is 0 Å². The van der Waals surface area contributed by atoms with Crippen LogP contribution in [0.2, 0.25) is 0 Å². The number of aromatic nitrogens is 7. The molecule has 1 aliphatic heterocycles. The SMILES string of the molecule is Cn1c2ccccc2n2c(SCc3nnc4n3CCOC4)nnc12. The number of nitrogens with zero attached hydrogens (tertiary/aromatic N) is 7. The maximum Gasteiger partial charge on any atom is 0.236 e. The van der Waals surface area contributed by atoms with Gasteiger partial charge in [0.25, 0.3) is 0 Å². The standard InChI is InChI=1S/C15H15N7OS/c1-20-10-4-2-3-5-11(10)22-14(20)18-19-15(22)24-9-13-17-16-12-8-23-7-6-21(12)13/h2-5H,6-9H2,1H3. The molecule has 1 aromatic carbocycles. The largest absolute Gasteiger partial charge is 0.372 e. The maximum absolute atomic E-state index is 5.41. The highest BCUT2D eigenvalue weighted by atomic mass is 32.2. The van der Waals surface area contributed by atoms with Gasteiger partial charge in [0.1, 0.15) is 12.4 Å². The minimum Gasteiger partial charge on any atom is -0.372 e. The average molecular weight is 341 g/mol. The quantitative estimate of drug-likeness (QED) is 0.527. The van der Waals surface area contributed by atoms with E-state index in [0.29, 0.717) is 19.0 Å². The van der Waals surface area contributed by atoms with Gasteiger partial charge in [0.2, 0.25) is 5.78 Å². The lowest BCUT2D eigenvalue weighted by molar-refractivity contribution is 0.0808. The van der Waals surface area contributed by atoms with Crippen molar-refractivity contribution in [2.75, 3.05) is 6.61 Å². The number of hydrogen-bond acceptors (Lipinski definition) is 6. The fourth-order valence-electron chi connectivity index (χ4n) is 3.12. The molecule has 4 heterocycles. The molecule has 0 spiro atoms. The molecule has 0 saturated carbocycles. The van der Waals surface area contributed by atoms with E-state index in [-0.39, 0.29) is 0 Å². The number of benzene rings is 1. The van der Waals surface area contributed by atoms with Gasteiger partial charge in [-0.15, -0.1) is 20.4 Å². The molecule has 0 aliphatic carbocycles. The smallest absolute Gasteiger partial charge is 0.236 e. The molecule has 0 radical (unpaired) electrons. The van der Waals surface area contributed by atoms with Crippen LogP contribution in [0.1, 0.15) is 11.6 Å². The summed E-state index contributed by atoms with van der Waals surface area (Å²) in [5, 5.41) is 18.0. The molecule has 122 valence electrons. The third-order valence-electron chi connectivity index (χ3n) is 4.33. The Kier molecular flexibility index (Phi) is 3.10. The number of hydrogen-bond donors (Lipinski definition) is 0. The molecule has 0 atom stereocenters. The molecule has 0 unspecified atom stereocenters. The molecule has 5 rings (SSSR count). The van der Waals surface area contributed by atoms with E-state index in [1.165, 1.54) is 0 Å². The van der Waals surface area contributed by atoms with Gasteiger partial charge in [0.15, 0.2) is 11.0 Å². The van der Waals surface area contributed by atoms with E-state index < -0.39 is 0 Å². The second kappa shape index (κ2) is 5.32. The molecule has 24 heavy (non-hydrogen) atoms. The molecule has 3 aromatic heterocycles. The first kappa shape index (κ1) is 14.0. The molecule has 9 heteroatoms. The first-order valence-corrected chi connectivity index (χ1v) is 8.71. The Hall–Kier alpha value is -2.39. The van der Waals surface area contributed by atoms with E-state index in [9.17, 15) is 0 Å². The highest BCUT2D eigenvalue weighted by Crippen LogP contribution is 2.27. The zero-order chi connectivity index (χ0) is 16.1. The summed E-state index contributed by atoms with van der Waals surface area (Å²) in [6.45, 7) is 2.05. The van der Waals surface area contributed by atoms with Gasteiger partial charge in [-0.2, -0.15) is 0 Å². The molecule has 1 aliphatic rings.